The van der Waals surface area contributed by atoms with Crippen LogP contribution in [-0.2, 0) is 4.74 Å². The predicted molar refractivity (Wildman–Crippen MR) is 113 cm³/mol. The van der Waals surface area contributed by atoms with Crippen LogP contribution in [0.25, 0.3) is 0 Å². The van der Waals surface area contributed by atoms with Crippen molar-refractivity contribution in [3.05, 3.63) is 52.0 Å². The lowest BCUT2D eigenvalue weighted by molar-refractivity contribution is 0.0365. The topological polar surface area (TPSA) is 40.6 Å². The molecule has 0 aromatic carbocycles. The third kappa shape index (κ3) is 4.16. The van der Waals surface area contributed by atoms with Crippen LogP contribution in [0.4, 0.5) is 0 Å². The molecule has 0 aliphatic carbocycles. The molecule has 2 aromatic rings. The van der Waals surface area contributed by atoms with Gasteiger partial charge < -0.3 is 15.0 Å². The number of aryl methyl sites for hydroxylation is 1. The minimum Gasteiger partial charge on any atom is -0.379 e. The van der Waals surface area contributed by atoms with Gasteiger partial charge in [0.1, 0.15) is 0 Å². The molecule has 144 valence electrons. The zero-order valence-electron chi connectivity index (χ0n) is 15.6. The Balaban J connectivity index is 1.51. The summed E-state index contributed by atoms with van der Waals surface area (Å²) in [6.07, 6.45) is 2.96. The first-order valence-electron chi connectivity index (χ1n) is 9.56. The van der Waals surface area contributed by atoms with Gasteiger partial charge in [-0.3, -0.25) is 9.88 Å². The normalized spacial score (nSPS) is 23.6. The van der Waals surface area contributed by atoms with Gasteiger partial charge in [-0.1, -0.05) is 6.07 Å². The molecule has 2 fully saturated rings. The zero-order chi connectivity index (χ0) is 18.6. The molecule has 2 aliphatic rings. The van der Waals surface area contributed by atoms with E-state index < -0.39 is 0 Å². The van der Waals surface area contributed by atoms with Crippen molar-refractivity contribution in [1.29, 1.82) is 0 Å². The van der Waals surface area contributed by atoms with Crippen molar-refractivity contribution >= 4 is 28.7 Å². The molecule has 0 bridgehead atoms. The first kappa shape index (κ1) is 18.8. The van der Waals surface area contributed by atoms with Gasteiger partial charge in [-0.2, -0.15) is 0 Å². The van der Waals surface area contributed by atoms with Crippen molar-refractivity contribution < 1.29 is 4.74 Å². The van der Waals surface area contributed by atoms with Gasteiger partial charge in [0.25, 0.3) is 0 Å². The van der Waals surface area contributed by atoms with Gasteiger partial charge in [-0.05, 0) is 54.7 Å². The fourth-order valence-electron chi connectivity index (χ4n) is 3.91. The molecule has 0 spiro atoms. The summed E-state index contributed by atoms with van der Waals surface area (Å²) in [4.78, 5) is 10.8. The van der Waals surface area contributed by atoms with Gasteiger partial charge in [0.2, 0.25) is 0 Å². The summed E-state index contributed by atoms with van der Waals surface area (Å²) in [7, 11) is 0. The highest BCUT2D eigenvalue weighted by atomic mass is 32.1. The van der Waals surface area contributed by atoms with Crippen LogP contribution in [0.15, 0.2) is 35.8 Å². The average molecular weight is 403 g/mol. The molecular formula is C20H26N4OS2. The van der Waals surface area contributed by atoms with Crippen molar-refractivity contribution in [2.45, 2.75) is 25.4 Å². The van der Waals surface area contributed by atoms with Crippen LogP contribution in [0.2, 0.25) is 0 Å². The molecule has 5 nitrogen and oxygen atoms in total. The van der Waals surface area contributed by atoms with E-state index in [4.69, 9.17) is 17.0 Å². The Morgan fingerprint density at radius 3 is 2.81 bits per heavy atom. The summed E-state index contributed by atoms with van der Waals surface area (Å²) in [5.74, 6) is 0. The molecular weight excluding hydrogens is 376 g/mol. The summed E-state index contributed by atoms with van der Waals surface area (Å²) in [5.41, 5.74) is 2.38. The Hall–Kier alpha value is -1.54. The number of hydrogen-bond acceptors (Lipinski definition) is 5. The molecule has 2 atom stereocenters. The quantitative estimate of drug-likeness (QED) is 0.749. The number of rotatable bonds is 6. The van der Waals surface area contributed by atoms with E-state index in [2.05, 4.69) is 44.5 Å². The Morgan fingerprint density at radius 1 is 1.26 bits per heavy atom. The van der Waals surface area contributed by atoms with E-state index in [9.17, 15) is 0 Å². The van der Waals surface area contributed by atoms with Gasteiger partial charge in [-0.15, -0.1) is 11.3 Å². The van der Waals surface area contributed by atoms with E-state index in [1.807, 2.05) is 29.7 Å². The summed E-state index contributed by atoms with van der Waals surface area (Å²) in [5, 5.41) is 6.55. The number of nitrogens with zero attached hydrogens (tertiary/aromatic N) is 3. The maximum absolute atomic E-state index is 5.74. The summed E-state index contributed by atoms with van der Waals surface area (Å²) in [6, 6.07) is 8.60. The largest absolute Gasteiger partial charge is 0.379 e. The summed E-state index contributed by atoms with van der Waals surface area (Å²) in [6.45, 7) is 8.00. The molecule has 4 heterocycles. The molecule has 4 rings (SSSR count). The maximum Gasteiger partial charge on any atom is 0.170 e. The van der Waals surface area contributed by atoms with E-state index in [1.165, 1.54) is 10.4 Å². The summed E-state index contributed by atoms with van der Waals surface area (Å²) >= 11 is 7.56. The molecule has 0 unspecified atom stereocenters. The smallest absolute Gasteiger partial charge is 0.170 e. The van der Waals surface area contributed by atoms with Crippen LogP contribution in [0.3, 0.4) is 0 Å². The van der Waals surface area contributed by atoms with Crippen molar-refractivity contribution in [2.75, 3.05) is 39.4 Å². The second-order valence-corrected chi connectivity index (χ2v) is 8.43. The van der Waals surface area contributed by atoms with Crippen LogP contribution < -0.4 is 5.32 Å². The molecule has 27 heavy (non-hydrogen) atoms. The standard InChI is InChI=1S/C20H26N4OS2/c1-15-6-14-27-19(15)18-17(16-5-2-3-7-21-16)22-20(26)24(18)9-4-8-23-10-12-25-13-11-23/h2-3,5-7,14,17-18H,4,8-13H2,1H3,(H,22,26)/t17-,18-/m0/s1. The van der Waals surface area contributed by atoms with Crippen LogP contribution in [0, 0.1) is 6.92 Å². The first-order chi connectivity index (χ1) is 13.2. The van der Waals surface area contributed by atoms with Crippen molar-refractivity contribution in [2.24, 2.45) is 0 Å². The van der Waals surface area contributed by atoms with Gasteiger partial charge in [-0.25, -0.2) is 0 Å². The third-order valence-electron chi connectivity index (χ3n) is 5.35. The first-order valence-corrected chi connectivity index (χ1v) is 10.8. The molecule has 0 saturated carbocycles. The van der Waals surface area contributed by atoms with Crippen molar-refractivity contribution in [1.82, 2.24) is 20.1 Å². The van der Waals surface area contributed by atoms with Gasteiger partial charge in [0.15, 0.2) is 5.11 Å². The molecule has 7 heteroatoms. The second-order valence-electron chi connectivity index (χ2n) is 7.10. The van der Waals surface area contributed by atoms with Crippen LogP contribution in [0.1, 0.15) is 34.6 Å². The number of aromatic nitrogens is 1. The Morgan fingerprint density at radius 2 is 2.11 bits per heavy atom. The SMILES string of the molecule is Cc1ccsc1[C@@H]1[C@H](c2ccccn2)NC(=S)N1CCCN1CCOCC1. The monoisotopic (exact) mass is 402 g/mol. The highest BCUT2D eigenvalue weighted by Gasteiger charge is 2.40. The van der Waals surface area contributed by atoms with Gasteiger partial charge in [0.05, 0.1) is 31.0 Å². The predicted octanol–water partition coefficient (Wildman–Crippen LogP) is 3.15. The average Bonchev–Trinajstić information content (AvgIpc) is 3.26. The molecule has 2 aliphatic heterocycles. The third-order valence-corrected chi connectivity index (χ3v) is 6.79. The fourth-order valence-corrected chi connectivity index (χ4v) is 5.31. The van der Waals surface area contributed by atoms with Gasteiger partial charge in [0, 0.05) is 37.3 Å². The van der Waals surface area contributed by atoms with E-state index in [1.54, 1.807) is 0 Å². The molecule has 1 N–H and O–H groups in total. The van der Waals surface area contributed by atoms with Gasteiger partial charge >= 0.3 is 0 Å². The number of thiophene rings is 1. The van der Waals surface area contributed by atoms with E-state index in [-0.39, 0.29) is 12.1 Å². The number of pyridine rings is 1. The lowest BCUT2D eigenvalue weighted by Gasteiger charge is -2.30. The minimum absolute atomic E-state index is 0.0967. The minimum atomic E-state index is 0.0967. The van der Waals surface area contributed by atoms with E-state index in [0.29, 0.717) is 0 Å². The molecule has 2 saturated heterocycles. The second kappa shape index (κ2) is 8.65. The lowest BCUT2D eigenvalue weighted by atomic mass is 10.0. The number of nitrogens with one attached hydrogen (secondary N) is 1. The molecule has 2 aromatic heterocycles. The number of ether oxygens (including phenoxy) is 1. The van der Waals surface area contributed by atoms with Crippen molar-refractivity contribution in [3.8, 4) is 0 Å². The van der Waals surface area contributed by atoms with Crippen LogP contribution in [-0.4, -0.2) is 59.3 Å². The van der Waals surface area contributed by atoms with E-state index in [0.717, 1.165) is 56.6 Å². The van der Waals surface area contributed by atoms with Crippen LogP contribution in [0.5, 0.6) is 0 Å². The molecule has 0 radical (unpaired) electrons. The Labute approximate surface area is 170 Å². The Kier molecular flexibility index (Phi) is 6.02. The molecule has 0 amide bonds. The lowest BCUT2D eigenvalue weighted by Crippen LogP contribution is -2.38. The van der Waals surface area contributed by atoms with Crippen molar-refractivity contribution in [3.63, 3.8) is 0 Å². The number of morpholine rings is 1. The van der Waals surface area contributed by atoms with E-state index >= 15 is 0 Å². The fraction of sp³-hybridized carbons (Fsp3) is 0.500. The maximum atomic E-state index is 5.74. The highest BCUT2D eigenvalue weighted by molar-refractivity contribution is 7.80. The van der Waals surface area contributed by atoms with Crippen LogP contribution >= 0.6 is 23.6 Å². The highest BCUT2D eigenvalue weighted by Crippen LogP contribution is 2.41. The zero-order valence-corrected chi connectivity index (χ0v) is 17.3. The number of hydrogen-bond donors (Lipinski definition) is 1. The summed E-state index contributed by atoms with van der Waals surface area (Å²) < 4.78 is 5.45. The Bertz CT molecular complexity index is 760. The number of thiocarbonyl (C=S) groups is 1.